The first kappa shape index (κ1) is 14.6. The maximum atomic E-state index is 3.90. The third-order valence-electron chi connectivity index (χ3n) is 3.62. The van der Waals surface area contributed by atoms with E-state index in [0.717, 1.165) is 0 Å². The maximum Gasteiger partial charge on any atom is 0.246 e. The predicted molar refractivity (Wildman–Crippen MR) is 97.6 cm³/mol. The molecule has 1 aliphatic heterocycles. The molecule has 110 valence electrons. The second kappa shape index (κ2) is 5.46. The highest BCUT2D eigenvalue weighted by atomic mass is 79.9. The minimum absolute atomic E-state index is 0.0971. The Balaban J connectivity index is 2.07. The molecular formula is C16H19BrN3S+. The third kappa shape index (κ3) is 2.60. The van der Waals surface area contributed by atoms with Crippen LogP contribution in [0.3, 0.4) is 0 Å². The summed E-state index contributed by atoms with van der Waals surface area (Å²) in [4.78, 5) is 6.89. The van der Waals surface area contributed by atoms with Crippen LogP contribution < -0.4 is 15.1 Å². The summed E-state index contributed by atoms with van der Waals surface area (Å²) in [6.45, 7) is 0. The first-order chi connectivity index (χ1) is 9.97. The van der Waals surface area contributed by atoms with Crippen LogP contribution >= 0.6 is 14.8 Å². The van der Waals surface area contributed by atoms with Gasteiger partial charge in [0.15, 0.2) is 9.79 Å². The molecule has 0 aromatic heterocycles. The van der Waals surface area contributed by atoms with Crippen LogP contribution in [0.1, 0.15) is 0 Å². The zero-order valence-electron chi connectivity index (χ0n) is 12.6. The van der Waals surface area contributed by atoms with Gasteiger partial charge in [-0.1, -0.05) is 0 Å². The van der Waals surface area contributed by atoms with E-state index in [9.17, 15) is 0 Å². The fourth-order valence-corrected chi connectivity index (χ4v) is 5.26. The van der Waals surface area contributed by atoms with Crippen LogP contribution in [-0.2, 0) is 9.33 Å². The summed E-state index contributed by atoms with van der Waals surface area (Å²) in [5.74, 6) is 0. The van der Waals surface area contributed by atoms with Crippen molar-refractivity contribution in [3.63, 3.8) is 0 Å². The summed E-state index contributed by atoms with van der Waals surface area (Å²) in [5.41, 5.74) is 4.82. The second-order valence-corrected chi connectivity index (χ2v) is 8.87. The zero-order valence-corrected chi connectivity index (χ0v) is 15.0. The van der Waals surface area contributed by atoms with Crippen LogP contribution in [0.15, 0.2) is 46.2 Å². The van der Waals surface area contributed by atoms with Crippen molar-refractivity contribution < 1.29 is 0 Å². The molecule has 5 heteroatoms. The zero-order chi connectivity index (χ0) is 15.1. The van der Waals surface area contributed by atoms with Crippen LogP contribution in [0.5, 0.6) is 0 Å². The third-order valence-corrected chi connectivity index (χ3v) is 7.16. The van der Waals surface area contributed by atoms with Gasteiger partial charge in [-0.2, -0.15) is 0 Å². The molecule has 0 aliphatic carbocycles. The van der Waals surface area contributed by atoms with Gasteiger partial charge in [0.1, 0.15) is 9.33 Å². The highest BCUT2D eigenvalue weighted by Gasteiger charge is 2.35. The molecule has 3 nitrogen and oxygen atoms in total. The van der Waals surface area contributed by atoms with E-state index in [1.807, 2.05) is 0 Å². The van der Waals surface area contributed by atoms with Crippen molar-refractivity contribution in [1.82, 2.24) is 0 Å². The first-order valence-corrected chi connectivity index (χ1v) is 9.84. The first-order valence-electron chi connectivity index (χ1n) is 6.77. The number of anilines is 4. The Bertz CT molecular complexity index is 628. The summed E-state index contributed by atoms with van der Waals surface area (Å²) in [6.07, 6.45) is 0. The average molecular weight is 365 g/mol. The highest BCUT2D eigenvalue weighted by Crippen LogP contribution is 2.45. The normalized spacial score (nSPS) is 13.2. The van der Waals surface area contributed by atoms with Crippen molar-refractivity contribution in [2.24, 2.45) is 0 Å². The molecule has 1 aliphatic rings. The van der Waals surface area contributed by atoms with Crippen molar-refractivity contribution in [1.29, 1.82) is 0 Å². The van der Waals surface area contributed by atoms with E-state index in [1.54, 1.807) is 0 Å². The molecule has 0 spiro atoms. The molecule has 21 heavy (non-hydrogen) atoms. The van der Waals surface area contributed by atoms with Gasteiger partial charge < -0.3 is 15.1 Å². The average Bonchev–Trinajstić information content (AvgIpc) is 2.46. The maximum absolute atomic E-state index is 3.90. The largest absolute Gasteiger partial charge is 0.378 e. The molecule has 0 unspecified atom stereocenters. The number of halogens is 1. The van der Waals surface area contributed by atoms with Gasteiger partial charge in [-0.05, 0) is 24.3 Å². The number of benzene rings is 2. The van der Waals surface area contributed by atoms with Crippen molar-refractivity contribution in [3.8, 4) is 0 Å². The fraction of sp³-hybridized carbons (Fsp3) is 0.250. The molecular weight excluding hydrogens is 346 g/mol. The Hall–Kier alpha value is -1.33. The van der Waals surface area contributed by atoms with Crippen molar-refractivity contribution in [3.05, 3.63) is 36.4 Å². The minimum atomic E-state index is -0.0971. The van der Waals surface area contributed by atoms with Crippen LogP contribution in [0.2, 0.25) is 0 Å². The molecule has 0 radical (unpaired) electrons. The molecule has 2 aromatic rings. The topological polar surface area (TPSA) is 18.5 Å². The minimum Gasteiger partial charge on any atom is -0.378 e. The number of hydrogen-bond acceptors (Lipinski definition) is 3. The van der Waals surface area contributed by atoms with E-state index < -0.39 is 0 Å². The summed E-state index contributed by atoms with van der Waals surface area (Å²) in [5, 5.41) is 3.54. The molecule has 0 fully saturated rings. The Labute approximate surface area is 136 Å². The molecule has 3 rings (SSSR count). The van der Waals surface area contributed by atoms with Crippen LogP contribution in [0, 0.1) is 0 Å². The second-order valence-electron chi connectivity index (χ2n) is 5.53. The quantitative estimate of drug-likeness (QED) is 0.804. The number of rotatable bonds is 2. The lowest BCUT2D eigenvalue weighted by molar-refractivity contribution is 1.11. The SMILES string of the molecule is CN(C)c1ccc2c(c1)[S+](Br)c1cc(N(C)C)ccc1N2. The predicted octanol–water partition coefficient (Wildman–Crippen LogP) is 4.22. The highest BCUT2D eigenvalue weighted by molar-refractivity contribution is 9.48. The van der Waals surface area contributed by atoms with Crippen molar-refractivity contribution in [2.45, 2.75) is 9.79 Å². The molecule has 1 N–H and O–H groups in total. The van der Waals surface area contributed by atoms with Crippen LogP contribution in [0.25, 0.3) is 0 Å². The molecule has 0 saturated carbocycles. The van der Waals surface area contributed by atoms with Gasteiger partial charge in [0, 0.05) is 51.7 Å². The number of nitrogens with one attached hydrogen (secondary N) is 1. The van der Waals surface area contributed by atoms with Gasteiger partial charge in [0.2, 0.25) is 14.8 Å². The van der Waals surface area contributed by atoms with Gasteiger partial charge in [-0.25, -0.2) is 0 Å². The summed E-state index contributed by atoms with van der Waals surface area (Å²) in [6, 6.07) is 13.1. The molecule has 0 saturated heterocycles. The lowest BCUT2D eigenvalue weighted by Gasteiger charge is -2.21. The number of fused-ring (bicyclic) bond motifs is 2. The monoisotopic (exact) mass is 364 g/mol. The van der Waals surface area contributed by atoms with E-state index in [-0.39, 0.29) is 9.33 Å². The number of nitrogens with zero attached hydrogens (tertiary/aromatic N) is 2. The lowest BCUT2D eigenvalue weighted by atomic mass is 10.2. The van der Waals surface area contributed by atoms with Gasteiger partial charge in [0.05, 0.1) is 11.4 Å². The van der Waals surface area contributed by atoms with Crippen molar-refractivity contribution >= 4 is 46.9 Å². The molecule has 0 bridgehead atoms. The standard InChI is InChI=1S/C16H19BrN3S/c1-19(2)11-5-7-13-15(9-11)21(17)16-10-12(20(3)4)6-8-14(16)18-13/h5-10,18H,1-4H3/q+1. The molecule has 0 amide bonds. The lowest BCUT2D eigenvalue weighted by Crippen LogP contribution is -2.14. The van der Waals surface area contributed by atoms with Gasteiger partial charge >= 0.3 is 0 Å². The molecule has 1 heterocycles. The van der Waals surface area contributed by atoms with E-state index >= 15 is 0 Å². The van der Waals surface area contributed by atoms with E-state index in [0.29, 0.717) is 0 Å². The molecule has 2 aromatic carbocycles. The summed E-state index contributed by atoms with van der Waals surface area (Å²) in [7, 11) is 8.19. The smallest absolute Gasteiger partial charge is 0.246 e. The Morgan fingerprint density at radius 3 is 1.62 bits per heavy atom. The summed E-state index contributed by atoms with van der Waals surface area (Å²) < 4.78 is 0. The Kier molecular flexibility index (Phi) is 3.80. The Morgan fingerprint density at radius 1 is 0.810 bits per heavy atom. The van der Waals surface area contributed by atoms with E-state index in [4.69, 9.17) is 0 Å². The van der Waals surface area contributed by atoms with Gasteiger partial charge in [-0.3, -0.25) is 0 Å². The van der Waals surface area contributed by atoms with Crippen LogP contribution in [-0.4, -0.2) is 28.2 Å². The van der Waals surface area contributed by atoms with Gasteiger partial charge in [0.25, 0.3) is 0 Å². The molecule has 0 atom stereocenters. The van der Waals surface area contributed by atoms with Crippen molar-refractivity contribution in [2.75, 3.05) is 43.3 Å². The van der Waals surface area contributed by atoms with Gasteiger partial charge in [-0.15, -0.1) is 0 Å². The summed E-state index contributed by atoms with van der Waals surface area (Å²) >= 11 is 3.90. The van der Waals surface area contributed by atoms with Crippen LogP contribution in [0.4, 0.5) is 22.7 Å². The van der Waals surface area contributed by atoms with E-state index in [2.05, 4.69) is 94.5 Å². The number of hydrogen-bond donors (Lipinski definition) is 1. The van der Waals surface area contributed by atoms with E-state index in [1.165, 1.54) is 32.5 Å². The Morgan fingerprint density at radius 2 is 1.24 bits per heavy atom. The fourth-order valence-electron chi connectivity index (χ4n) is 2.35.